The Morgan fingerprint density at radius 2 is 2.00 bits per heavy atom. The summed E-state index contributed by atoms with van der Waals surface area (Å²) in [4.78, 5) is 21.8. The largest absolute Gasteiger partial charge is 0.457 e. The monoisotopic (exact) mass is 293 g/mol. The van der Waals surface area contributed by atoms with E-state index in [4.69, 9.17) is 9.47 Å². The SMILES string of the molecule is CC1(C)OC(=O)C=C(C[C@@H](O)c2ccccc2[N+](=O)[O-])O1. The van der Waals surface area contributed by atoms with Crippen molar-refractivity contribution >= 4 is 11.7 Å². The number of ether oxygens (including phenoxy) is 2. The van der Waals surface area contributed by atoms with Crippen LogP contribution in [0.25, 0.3) is 0 Å². The van der Waals surface area contributed by atoms with Crippen LogP contribution in [0, 0.1) is 10.1 Å². The van der Waals surface area contributed by atoms with Crippen LogP contribution in [-0.2, 0) is 14.3 Å². The van der Waals surface area contributed by atoms with Gasteiger partial charge in [-0.25, -0.2) is 4.79 Å². The number of aliphatic hydroxyl groups excluding tert-OH is 1. The van der Waals surface area contributed by atoms with Gasteiger partial charge in [0.05, 0.1) is 22.7 Å². The van der Waals surface area contributed by atoms with Crippen molar-refractivity contribution in [1.82, 2.24) is 0 Å². The Balaban J connectivity index is 2.21. The molecule has 2 rings (SSSR count). The minimum atomic E-state index is -1.15. The number of carbonyl (C=O) groups excluding carboxylic acids is 1. The summed E-state index contributed by atoms with van der Waals surface area (Å²) in [5.41, 5.74) is -0.00741. The molecule has 1 aromatic rings. The number of para-hydroxylation sites is 1. The summed E-state index contributed by atoms with van der Waals surface area (Å²) in [6, 6.07) is 5.90. The zero-order valence-electron chi connectivity index (χ0n) is 11.6. The Morgan fingerprint density at radius 1 is 1.33 bits per heavy atom. The highest BCUT2D eigenvalue weighted by atomic mass is 16.7. The summed E-state index contributed by atoms with van der Waals surface area (Å²) in [6.45, 7) is 3.13. The number of nitro benzene ring substituents is 1. The number of nitro groups is 1. The van der Waals surface area contributed by atoms with Crippen molar-refractivity contribution in [2.45, 2.75) is 32.2 Å². The first-order chi connectivity index (χ1) is 9.78. The second-order valence-electron chi connectivity index (χ2n) is 5.07. The number of rotatable bonds is 4. The number of carbonyl (C=O) groups is 1. The van der Waals surface area contributed by atoms with Crippen molar-refractivity contribution in [3.8, 4) is 0 Å². The quantitative estimate of drug-likeness (QED) is 0.519. The maximum absolute atomic E-state index is 11.4. The molecule has 0 radical (unpaired) electrons. The van der Waals surface area contributed by atoms with E-state index in [-0.39, 0.29) is 23.4 Å². The van der Waals surface area contributed by atoms with Gasteiger partial charge < -0.3 is 14.6 Å². The van der Waals surface area contributed by atoms with Gasteiger partial charge in [0.1, 0.15) is 5.76 Å². The zero-order valence-corrected chi connectivity index (χ0v) is 11.6. The zero-order chi connectivity index (χ0) is 15.6. The molecule has 1 aliphatic heterocycles. The lowest BCUT2D eigenvalue weighted by molar-refractivity contribution is -0.386. The van der Waals surface area contributed by atoms with Crippen LogP contribution < -0.4 is 0 Å². The van der Waals surface area contributed by atoms with Crippen LogP contribution in [0.1, 0.15) is 31.9 Å². The van der Waals surface area contributed by atoms with Gasteiger partial charge in [-0.1, -0.05) is 12.1 Å². The lowest BCUT2D eigenvalue weighted by atomic mass is 10.0. The van der Waals surface area contributed by atoms with Crippen molar-refractivity contribution in [2.24, 2.45) is 0 Å². The van der Waals surface area contributed by atoms with Gasteiger partial charge in [0.15, 0.2) is 0 Å². The fourth-order valence-corrected chi connectivity index (χ4v) is 2.11. The summed E-state index contributed by atoms with van der Waals surface area (Å²) < 4.78 is 10.4. The van der Waals surface area contributed by atoms with E-state index >= 15 is 0 Å². The standard InChI is InChI=1S/C14H15NO6/c1-14(2)20-9(8-13(17)21-14)7-12(16)10-5-3-4-6-11(10)15(18)19/h3-6,8,12,16H,7H2,1-2H3/t12-/m1/s1. The average Bonchev–Trinajstić information content (AvgIpc) is 2.36. The van der Waals surface area contributed by atoms with Gasteiger partial charge in [0, 0.05) is 26.3 Å². The minimum absolute atomic E-state index is 0.0522. The number of hydrogen-bond donors (Lipinski definition) is 1. The van der Waals surface area contributed by atoms with Crippen LogP contribution in [0.2, 0.25) is 0 Å². The van der Waals surface area contributed by atoms with Crippen LogP contribution >= 0.6 is 0 Å². The van der Waals surface area contributed by atoms with E-state index in [2.05, 4.69) is 0 Å². The van der Waals surface area contributed by atoms with Crippen molar-refractivity contribution in [3.63, 3.8) is 0 Å². The van der Waals surface area contributed by atoms with Gasteiger partial charge in [-0.3, -0.25) is 10.1 Å². The number of aliphatic hydroxyl groups is 1. The topological polar surface area (TPSA) is 98.9 Å². The van der Waals surface area contributed by atoms with E-state index in [0.717, 1.165) is 6.08 Å². The molecule has 0 saturated heterocycles. The van der Waals surface area contributed by atoms with Crippen molar-refractivity contribution in [2.75, 3.05) is 0 Å². The second kappa shape index (κ2) is 5.53. The number of cyclic esters (lactones) is 1. The average molecular weight is 293 g/mol. The van der Waals surface area contributed by atoms with Crippen molar-refractivity contribution in [3.05, 3.63) is 51.8 Å². The Hall–Kier alpha value is -2.41. The van der Waals surface area contributed by atoms with Gasteiger partial charge in [0.25, 0.3) is 5.69 Å². The third-order valence-electron chi connectivity index (χ3n) is 2.89. The molecule has 0 aromatic heterocycles. The molecule has 0 aliphatic carbocycles. The molecule has 1 aliphatic rings. The van der Waals surface area contributed by atoms with E-state index in [1.165, 1.54) is 18.2 Å². The summed E-state index contributed by atoms with van der Waals surface area (Å²) >= 11 is 0. The molecule has 1 aromatic carbocycles. The molecule has 0 unspecified atom stereocenters. The molecule has 0 amide bonds. The number of esters is 1. The normalized spacial score (nSPS) is 18.2. The molecule has 1 heterocycles. The fourth-order valence-electron chi connectivity index (χ4n) is 2.11. The molecule has 0 fully saturated rings. The number of nitrogens with zero attached hydrogens (tertiary/aromatic N) is 1. The molecule has 0 bridgehead atoms. The Labute approximate surface area is 120 Å². The van der Waals surface area contributed by atoms with Crippen LogP contribution in [0.3, 0.4) is 0 Å². The molecule has 1 atom stereocenters. The Bertz CT molecular complexity index is 607. The first-order valence-corrected chi connectivity index (χ1v) is 6.32. The van der Waals surface area contributed by atoms with Gasteiger partial charge in [-0.15, -0.1) is 0 Å². The molecule has 0 saturated carbocycles. The fraction of sp³-hybridized carbons (Fsp3) is 0.357. The van der Waals surface area contributed by atoms with E-state index in [0.29, 0.717) is 0 Å². The van der Waals surface area contributed by atoms with E-state index < -0.39 is 22.8 Å². The van der Waals surface area contributed by atoms with Crippen LogP contribution in [0.5, 0.6) is 0 Å². The van der Waals surface area contributed by atoms with E-state index in [1.54, 1.807) is 19.9 Å². The van der Waals surface area contributed by atoms with Crippen molar-refractivity contribution in [1.29, 1.82) is 0 Å². The Kier molecular flexibility index (Phi) is 3.95. The highest BCUT2D eigenvalue weighted by Gasteiger charge is 2.32. The van der Waals surface area contributed by atoms with Gasteiger partial charge >= 0.3 is 5.97 Å². The summed E-state index contributed by atoms with van der Waals surface area (Å²) in [7, 11) is 0. The first kappa shape index (κ1) is 15.0. The molecule has 1 N–H and O–H groups in total. The van der Waals surface area contributed by atoms with Crippen molar-refractivity contribution < 1.29 is 24.3 Å². The molecule has 21 heavy (non-hydrogen) atoms. The predicted molar refractivity (Wildman–Crippen MR) is 72.0 cm³/mol. The number of benzene rings is 1. The van der Waals surface area contributed by atoms with Crippen LogP contribution in [0.4, 0.5) is 5.69 Å². The highest BCUT2D eigenvalue weighted by molar-refractivity contribution is 5.83. The summed E-state index contributed by atoms with van der Waals surface area (Å²) in [6.07, 6.45) is -0.0772. The van der Waals surface area contributed by atoms with Gasteiger partial charge in [-0.2, -0.15) is 0 Å². The molecule has 7 nitrogen and oxygen atoms in total. The smallest absolute Gasteiger partial charge is 0.337 e. The second-order valence-corrected chi connectivity index (χ2v) is 5.07. The Morgan fingerprint density at radius 3 is 2.62 bits per heavy atom. The molecule has 7 heteroatoms. The van der Waals surface area contributed by atoms with Crippen LogP contribution in [0.15, 0.2) is 36.1 Å². The molecule has 0 spiro atoms. The molecular weight excluding hydrogens is 278 g/mol. The molecular formula is C14H15NO6. The summed E-state index contributed by atoms with van der Waals surface area (Å²) in [5.74, 6) is -1.47. The van der Waals surface area contributed by atoms with Gasteiger partial charge in [0.2, 0.25) is 5.79 Å². The lowest BCUT2D eigenvalue weighted by Crippen LogP contribution is -2.34. The van der Waals surface area contributed by atoms with E-state index in [9.17, 15) is 20.0 Å². The van der Waals surface area contributed by atoms with Crippen LogP contribution in [-0.4, -0.2) is 21.8 Å². The third kappa shape index (κ3) is 3.57. The molecule has 112 valence electrons. The first-order valence-electron chi connectivity index (χ1n) is 6.32. The maximum atomic E-state index is 11.4. The minimum Gasteiger partial charge on any atom is -0.457 e. The van der Waals surface area contributed by atoms with Gasteiger partial charge in [-0.05, 0) is 6.07 Å². The summed E-state index contributed by atoms with van der Waals surface area (Å²) in [5, 5.41) is 21.1. The predicted octanol–water partition coefficient (Wildman–Crippen LogP) is 2.21. The third-order valence-corrected chi connectivity index (χ3v) is 2.89. The lowest BCUT2D eigenvalue weighted by Gasteiger charge is -2.31. The number of hydrogen-bond acceptors (Lipinski definition) is 6. The maximum Gasteiger partial charge on any atom is 0.337 e. The van der Waals surface area contributed by atoms with E-state index in [1.807, 2.05) is 0 Å². The highest BCUT2D eigenvalue weighted by Crippen LogP contribution is 2.32.